The zero-order valence-corrected chi connectivity index (χ0v) is 10.9. The van der Waals surface area contributed by atoms with E-state index in [1.54, 1.807) is 6.92 Å². The Balaban J connectivity index is 2.11. The van der Waals surface area contributed by atoms with Gasteiger partial charge in [-0.15, -0.1) is 0 Å². The second kappa shape index (κ2) is 6.12. The summed E-state index contributed by atoms with van der Waals surface area (Å²) in [5, 5.41) is 2.15. The topological polar surface area (TPSA) is 81.4 Å². The van der Waals surface area contributed by atoms with Crippen molar-refractivity contribution in [2.24, 2.45) is 0 Å². The molecule has 0 fully saturated rings. The molecule has 0 radical (unpaired) electrons. The van der Waals surface area contributed by atoms with Crippen LogP contribution in [-0.4, -0.2) is 23.5 Å². The molecular formula is C13H10F2N2O4. The SMILES string of the molecule is CCOC(=O)c1coc(NC(=O)c2ccc(F)cc2F)n1. The molecule has 21 heavy (non-hydrogen) atoms. The Labute approximate surface area is 117 Å². The second-order valence-corrected chi connectivity index (χ2v) is 3.84. The molecule has 110 valence electrons. The third-order valence-electron chi connectivity index (χ3n) is 2.38. The largest absolute Gasteiger partial charge is 0.461 e. The van der Waals surface area contributed by atoms with E-state index in [0.717, 1.165) is 18.4 Å². The lowest BCUT2D eigenvalue weighted by Gasteiger charge is -2.02. The molecule has 1 N–H and O–H groups in total. The first kappa shape index (κ1) is 14.6. The number of hydrogen-bond acceptors (Lipinski definition) is 5. The molecule has 6 nitrogen and oxygen atoms in total. The minimum Gasteiger partial charge on any atom is -0.461 e. The third kappa shape index (κ3) is 3.41. The number of amides is 1. The van der Waals surface area contributed by atoms with Crippen molar-refractivity contribution >= 4 is 17.9 Å². The van der Waals surface area contributed by atoms with Crippen LogP contribution in [0.4, 0.5) is 14.8 Å². The molecule has 0 unspecified atom stereocenters. The monoisotopic (exact) mass is 296 g/mol. The minimum absolute atomic E-state index is 0.133. The summed E-state index contributed by atoms with van der Waals surface area (Å²) >= 11 is 0. The van der Waals surface area contributed by atoms with Crippen LogP contribution in [0.25, 0.3) is 0 Å². The Kier molecular flexibility index (Phi) is 4.27. The number of rotatable bonds is 4. The van der Waals surface area contributed by atoms with Crippen molar-refractivity contribution < 1.29 is 27.5 Å². The number of esters is 1. The molecule has 0 aliphatic heterocycles. The molecule has 0 atom stereocenters. The maximum absolute atomic E-state index is 13.4. The third-order valence-corrected chi connectivity index (χ3v) is 2.38. The molecular weight excluding hydrogens is 286 g/mol. The summed E-state index contributed by atoms with van der Waals surface area (Å²) in [6.07, 6.45) is 0.995. The van der Waals surface area contributed by atoms with Crippen LogP contribution in [0.5, 0.6) is 0 Å². The predicted octanol–water partition coefficient (Wildman–Crippen LogP) is 2.38. The number of carbonyl (C=O) groups is 2. The number of aromatic nitrogens is 1. The van der Waals surface area contributed by atoms with Crippen molar-refractivity contribution in [2.75, 3.05) is 11.9 Å². The molecule has 8 heteroatoms. The highest BCUT2D eigenvalue weighted by molar-refractivity contribution is 6.03. The minimum atomic E-state index is -1.02. The van der Waals surface area contributed by atoms with E-state index >= 15 is 0 Å². The lowest BCUT2D eigenvalue weighted by molar-refractivity contribution is 0.0519. The fourth-order valence-corrected chi connectivity index (χ4v) is 1.47. The average Bonchev–Trinajstić information content (AvgIpc) is 2.87. The summed E-state index contributed by atoms with van der Waals surface area (Å²) in [6.45, 7) is 1.78. The molecule has 2 aromatic rings. The van der Waals surface area contributed by atoms with Gasteiger partial charge in [-0.05, 0) is 19.1 Å². The molecule has 0 saturated heterocycles. The first-order valence-electron chi connectivity index (χ1n) is 5.90. The van der Waals surface area contributed by atoms with Crippen LogP contribution in [-0.2, 0) is 4.74 Å². The Morgan fingerprint density at radius 1 is 1.38 bits per heavy atom. The quantitative estimate of drug-likeness (QED) is 0.876. The van der Waals surface area contributed by atoms with Crippen LogP contribution < -0.4 is 5.32 Å². The summed E-state index contributed by atoms with van der Waals surface area (Å²) in [5.41, 5.74) is -0.515. The normalized spacial score (nSPS) is 10.2. The average molecular weight is 296 g/mol. The Bertz CT molecular complexity index is 685. The Morgan fingerprint density at radius 2 is 2.14 bits per heavy atom. The van der Waals surface area contributed by atoms with E-state index in [4.69, 9.17) is 4.42 Å². The van der Waals surface area contributed by atoms with Gasteiger partial charge in [0.2, 0.25) is 0 Å². The van der Waals surface area contributed by atoms with E-state index in [0.29, 0.717) is 6.07 Å². The van der Waals surface area contributed by atoms with Crippen molar-refractivity contribution in [2.45, 2.75) is 6.92 Å². The summed E-state index contributed by atoms with van der Waals surface area (Å²) in [5.74, 6) is -3.42. The van der Waals surface area contributed by atoms with Gasteiger partial charge in [0.25, 0.3) is 5.91 Å². The fraction of sp³-hybridized carbons (Fsp3) is 0.154. The Hall–Kier alpha value is -2.77. The molecule has 0 bridgehead atoms. The van der Waals surface area contributed by atoms with Crippen molar-refractivity contribution in [3.63, 3.8) is 0 Å². The smallest absolute Gasteiger partial charge is 0.360 e. The number of anilines is 1. The molecule has 1 aromatic heterocycles. The molecule has 1 heterocycles. The van der Waals surface area contributed by atoms with Gasteiger partial charge in [0.15, 0.2) is 5.69 Å². The van der Waals surface area contributed by atoms with Crippen molar-refractivity contribution in [1.29, 1.82) is 0 Å². The van der Waals surface area contributed by atoms with Crippen LogP contribution >= 0.6 is 0 Å². The second-order valence-electron chi connectivity index (χ2n) is 3.84. The van der Waals surface area contributed by atoms with Crippen molar-refractivity contribution in [1.82, 2.24) is 4.98 Å². The number of carbonyl (C=O) groups excluding carboxylic acids is 2. The molecule has 0 saturated carbocycles. The lowest BCUT2D eigenvalue weighted by atomic mass is 10.2. The molecule has 1 aromatic carbocycles. The summed E-state index contributed by atoms with van der Waals surface area (Å²) in [7, 11) is 0. The highest BCUT2D eigenvalue weighted by Gasteiger charge is 2.17. The predicted molar refractivity (Wildman–Crippen MR) is 66.8 cm³/mol. The van der Waals surface area contributed by atoms with E-state index in [1.165, 1.54) is 0 Å². The van der Waals surface area contributed by atoms with Gasteiger partial charge < -0.3 is 9.15 Å². The van der Waals surface area contributed by atoms with Crippen LogP contribution in [0.1, 0.15) is 27.8 Å². The maximum Gasteiger partial charge on any atom is 0.360 e. The lowest BCUT2D eigenvalue weighted by Crippen LogP contribution is -2.14. The summed E-state index contributed by atoms with van der Waals surface area (Å²) in [6, 6.07) is 2.20. The van der Waals surface area contributed by atoms with Gasteiger partial charge in [0, 0.05) is 6.07 Å². The number of oxazole rings is 1. The standard InChI is InChI=1S/C13H10F2N2O4/c1-2-20-12(19)10-6-21-13(16-10)17-11(18)8-4-3-7(14)5-9(8)15/h3-6H,2H2,1H3,(H,16,17,18). The molecule has 0 aliphatic rings. The van der Waals surface area contributed by atoms with Gasteiger partial charge in [-0.25, -0.2) is 13.6 Å². The van der Waals surface area contributed by atoms with Crippen LogP contribution in [0.15, 0.2) is 28.9 Å². The first-order chi connectivity index (χ1) is 10.0. The fourth-order valence-electron chi connectivity index (χ4n) is 1.47. The number of ether oxygens (including phenoxy) is 1. The van der Waals surface area contributed by atoms with Crippen LogP contribution in [0.3, 0.4) is 0 Å². The van der Waals surface area contributed by atoms with Gasteiger partial charge in [-0.2, -0.15) is 4.98 Å². The number of hydrogen-bond donors (Lipinski definition) is 1. The van der Waals surface area contributed by atoms with Gasteiger partial charge in [0.1, 0.15) is 17.9 Å². The van der Waals surface area contributed by atoms with E-state index in [2.05, 4.69) is 15.0 Å². The number of halogens is 2. The zero-order valence-electron chi connectivity index (χ0n) is 10.9. The molecule has 2 rings (SSSR count). The van der Waals surface area contributed by atoms with E-state index in [9.17, 15) is 18.4 Å². The first-order valence-corrected chi connectivity index (χ1v) is 5.90. The van der Waals surface area contributed by atoms with Crippen LogP contribution in [0, 0.1) is 11.6 Å². The summed E-state index contributed by atoms with van der Waals surface area (Å²) < 4.78 is 35.7. The maximum atomic E-state index is 13.4. The van der Waals surface area contributed by atoms with Gasteiger partial charge >= 0.3 is 12.0 Å². The number of nitrogens with zero attached hydrogens (tertiary/aromatic N) is 1. The van der Waals surface area contributed by atoms with Gasteiger partial charge in [0.05, 0.1) is 12.2 Å². The zero-order chi connectivity index (χ0) is 15.4. The van der Waals surface area contributed by atoms with E-state index < -0.39 is 23.5 Å². The number of benzene rings is 1. The van der Waals surface area contributed by atoms with Crippen molar-refractivity contribution in [3.8, 4) is 0 Å². The van der Waals surface area contributed by atoms with Crippen molar-refractivity contribution in [3.05, 3.63) is 47.4 Å². The highest BCUT2D eigenvalue weighted by Crippen LogP contribution is 2.13. The van der Waals surface area contributed by atoms with Gasteiger partial charge in [-0.3, -0.25) is 10.1 Å². The molecule has 0 spiro atoms. The molecule has 0 aliphatic carbocycles. The van der Waals surface area contributed by atoms with Gasteiger partial charge in [-0.1, -0.05) is 0 Å². The molecule has 1 amide bonds. The number of nitrogens with one attached hydrogen (secondary N) is 1. The highest BCUT2D eigenvalue weighted by atomic mass is 19.1. The van der Waals surface area contributed by atoms with E-state index in [1.807, 2.05) is 0 Å². The Morgan fingerprint density at radius 3 is 2.81 bits per heavy atom. The summed E-state index contributed by atoms with van der Waals surface area (Å²) in [4.78, 5) is 26.8. The van der Waals surface area contributed by atoms with Crippen LogP contribution in [0.2, 0.25) is 0 Å². The van der Waals surface area contributed by atoms with E-state index in [-0.39, 0.29) is 23.9 Å².